The van der Waals surface area contributed by atoms with Crippen molar-refractivity contribution in [3.05, 3.63) is 39.4 Å². The van der Waals surface area contributed by atoms with E-state index in [9.17, 15) is 0 Å². The van der Waals surface area contributed by atoms with E-state index >= 15 is 0 Å². The maximum absolute atomic E-state index is 5.44. The summed E-state index contributed by atoms with van der Waals surface area (Å²) in [6.07, 6.45) is 0. The molecule has 0 amide bonds. The fourth-order valence-electron chi connectivity index (χ4n) is 2.61. The summed E-state index contributed by atoms with van der Waals surface area (Å²) < 4.78 is 6.58. The van der Waals surface area contributed by atoms with Crippen molar-refractivity contribution in [3.8, 4) is 0 Å². The van der Waals surface area contributed by atoms with Crippen LogP contribution in [0.5, 0.6) is 0 Å². The van der Waals surface area contributed by atoms with Gasteiger partial charge in [-0.2, -0.15) is 4.98 Å². The number of thioether (sulfide) groups is 1. The van der Waals surface area contributed by atoms with Crippen molar-refractivity contribution in [1.82, 2.24) is 20.4 Å². The van der Waals surface area contributed by atoms with Crippen molar-refractivity contribution in [2.75, 3.05) is 26.7 Å². The highest BCUT2D eigenvalue weighted by atomic mass is 79.9. The lowest BCUT2D eigenvalue weighted by atomic mass is 10.2. The van der Waals surface area contributed by atoms with E-state index in [-0.39, 0.29) is 6.04 Å². The molecule has 1 N–H and O–H groups in total. The molecule has 1 saturated heterocycles. The van der Waals surface area contributed by atoms with Crippen molar-refractivity contribution in [3.63, 3.8) is 0 Å². The van der Waals surface area contributed by atoms with Crippen molar-refractivity contribution in [1.29, 1.82) is 0 Å². The van der Waals surface area contributed by atoms with E-state index < -0.39 is 0 Å². The normalized spacial score (nSPS) is 19.2. The van der Waals surface area contributed by atoms with Crippen LogP contribution < -0.4 is 5.32 Å². The van der Waals surface area contributed by atoms with Crippen molar-refractivity contribution >= 4 is 27.7 Å². The maximum Gasteiger partial charge on any atom is 0.237 e. The first kappa shape index (κ1) is 17.0. The Morgan fingerprint density at radius 1 is 1.39 bits per heavy atom. The first-order chi connectivity index (χ1) is 11.0. The van der Waals surface area contributed by atoms with E-state index in [4.69, 9.17) is 4.52 Å². The molecule has 2 heterocycles. The molecule has 1 aliphatic heterocycles. The molecule has 1 fully saturated rings. The van der Waals surface area contributed by atoms with Crippen LogP contribution in [-0.4, -0.2) is 41.7 Å². The summed E-state index contributed by atoms with van der Waals surface area (Å²) in [6.45, 7) is 7.10. The monoisotopic (exact) mass is 396 g/mol. The van der Waals surface area contributed by atoms with Gasteiger partial charge in [0.25, 0.3) is 0 Å². The number of halogens is 1. The third-order valence-corrected chi connectivity index (χ3v) is 6.10. The van der Waals surface area contributed by atoms with E-state index in [1.165, 1.54) is 16.0 Å². The van der Waals surface area contributed by atoms with Gasteiger partial charge in [0.15, 0.2) is 5.82 Å². The molecule has 0 radical (unpaired) electrons. The molecule has 0 saturated carbocycles. The molecule has 1 unspecified atom stereocenters. The number of nitrogens with one attached hydrogen (secondary N) is 1. The Balaban J connectivity index is 1.66. The average molecular weight is 397 g/mol. The lowest BCUT2D eigenvalue weighted by Gasteiger charge is -2.30. The number of benzene rings is 1. The zero-order chi connectivity index (χ0) is 16.4. The summed E-state index contributed by atoms with van der Waals surface area (Å²) in [4.78, 5) is 8.10. The van der Waals surface area contributed by atoms with Crippen molar-refractivity contribution < 1.29 is 4.52 Å². The van der Waals surface area contributed by atoms with Crippen LogP contribution in [0.25, 0.3) is 0 Å². The minimum atomic E-state index is 0.197. The third kappa shape index (κ3) is 3.96. The van der Waals surface area contributed by atoms with Crippen molar-refractivity contribution in [2.24, 2.45) is 0 Å². The Labute approximate surface area is 149 Å². The predicted octanol–water partition coefficient (Wildman–Crippen LogP) is 3.32. The molecule has 0 bridgehead atoms. The number of nitrogens with zero attached hydrogens (tertiary/aromatic N) is 3. The van der Waals surface area contributed by atoms with E-state index in [2.05, 4.69) is 69.3 Å². The van der Waals surface area contributed by atoms with Gasteiger partial charge >= 0.3 is 0 Å². The van der Waals surface area contributed by atoms with Crippen LogP contribution in [0.3, 0.4) is 0 Å². The first-order valence-electron chi connectivity index (χ1n) is 7.67. The lowest BCUT2D eigenvalue weighted by molar-refractivity contribution is 0.190. The molecule has 3 rings (SSSR count). The van der Waals surface area contributed by atoms with Gasteiger partial charge in [-0.3, -0.25) is 4.90 Å². The largest absolute Gasteiger partial charge is 0.338 e. The molecule has 2 aromatic rings. The molecule has 124 valence electrons. The predicted molar refractivity (Wildman–Crippen MR) is 95.7 cm³/mol. The van der Waals surface area contributed by atoms with Gasteiger partial charge in [0, 0.05) is 29.0 Å². The minimum absolute atomic E-state index is 0.197. The summed E-state index contributed by atoms with van der Waals surface area (Å²) >= 11 is 5.31. The van der Waals surface area contributed by atoms with Gasteiger partial charge in [-0.05, 0) is 44.2 Å². The number of likely N-dealkylation sites (N-methyl/N-ethyl adjacent to an activating group) is 1. The molecule has 5 nitrogen and oxygen atoms in total. The summed E-state index contributed by atoms with van der Waals surface area (Å²) in [5.41, 5.74) is 2.49. The average Bonchev–Trinajstić information content (AvgIpc) is 2.99. The van der Waals surface area contributed by atoms with Gasteiger partial charge in [-0.15, -0.1) is 11.8 Å². The van der Waals surface area contributed by atoms with E-state index in [0.29, 0.717) is 11.6 Å². The van der Waals surface area contributed by atoms with Gasteiger partial charge in [0.05, 0.1) is 11.8 Å². The van der Waals surface area contributed by atoms with Crippen LogP contribution in [0.2, 0.25) is 0 Å². The van der Waals surface area contributed by atoms with Crippen LogP contribution in [0, 0.1) is 13.8 Å². The van der Waals surface area contributed by atoms with Gasteiger partial charge in [-0.25, -0.2) is 0 Å². The number of piperazine rings is 1. The standard InChI is InChI=1S/C16H21BrN4OS/c1-10-7-14(11(2)6-12(10)17)23-9-15-19-16(20-22-15)13-8-18-4-5-21(13)3/h6-7,13,18H,4-5,8-9H2,1-3H3. The number of hydrogen-bond donors (Lipinski definition) is 1. The van der Waals surface area contributed by atoms with Crippen LogP contribution >= 0.6 is 27.7 Å². The van der Waals surface area contributed by atoms with Gasteiger partial charge < -0.3 is 9.84 Å². The summed E-state index contributed by atoms with van der Waals surface area (Å²) in [5, 5.41) is 7.54. The molecular formula is C16H21BrN4OS. The molecule has 0 spiro atoms. The van der Waals surface area contributed by atoms with Crippen LogP contribution in [0.1, 0.15) is 28.9 Å². The highest BCUT2D eigenvalue weighted by Crippen LogP contribution is 2.30. The van der Waals surface area contributed by atoms with Crippen LogP contribution in [-0.2, 0) is 5.75 Å². The Morgan fingerprint density at radius 2 is 2.22 bits per heavy atom. The second-order valence-corrected chi connectivity index (χ2v) is 7.77. The van der Waals surface area contributed by atoms with Crippen LogP contribution in [0.15, 0.2) is 26.0 Å². The van der Waals surface area contributed by atoms with Crippen molar-refractivity contribution in [2.45, 2.75) is 30.5 Å². The molecule has 1 aliphatic rings. The first-order valence-corrected chi connectivity index (χ1v) is 9.45. The quantitative estimate of drug-likeness (QED) is 0.799. The number of aryl methyl sites for hydroxylation is 2. The Kier molecular flexibility index (Phi) is 5.41. The number of aromatic nitrogens is 2. The number of hydrogen-bond acceptors (Lipinski definition) is 6. The Bertz CT molecular complexity index is 691. The highest BCUT2D eigenvalue weighted by Gasteiger charge is 2.25. The van der Waals surface area contributed by atoms with E-state index in [0.717, 1.165) is 29.9 Å². The van der Waals surface area contributed by atoms with E-state index in [1.54, 1.807) is 11.8 Å². The third-order valence-electron chi connectivity index (χ3n) is 4.10. The highest BCUT2D eigenvalue weighted by molar-refractivity contribution is 9.10. The molecule has 0 aliphatic carbocycles. The summed E-state index contributed by atoms with van der Waals surface area (Å²) in [6, 6.07) is 4.54. The fraction of sp³-hybridized carbons (Fsp3) is 0.500. The van der Waals surface area contributed by atoms with Gasteiger partial charge in [0.1, 0.15) is 0 Å². The van der Waals surface area contributed by atoms with Gasteiger partial charge in [0.2, 0.25) is 5.89 Å². The summed E-state index contributed by atoms with van der Waals surface area (Å²) in [5.74, 6) is 2.15. The lowest BCUT2D eigenvalue weighted by Crippen LogP contribution is -2.44. The zero-order valence-electron chi connectivity index (χ0n) is 13.6. The Hall–Kier alpha value is -0.890. The fourth-order valence-corrected chi connectivity index (χ4v) is 4.01. The molecule has 1 aromatic heterocycles. The maximum atomic E-state index is 5.44. The van der Waals surface area contributed by atoms with E-state index in [1.807, 2.05) is 0 Å². The summed E-state index contributed by atoms with van der Waals surface area (Å²) in [7, 11) is 2.10. The topological polar surface area (TPSA) is 54.2 Å². The Morgan fingerprint density at radius 3 is 3.00 bits per heavy atom. The second kappa shape index (κ2) is 7.34. The SMILES string of the molecule is Cc1cc(SCc2nc(C3CNCCN3C)no2)c(C)cc1Br. The molecular weight excluding hydrogens is 376 g/mol. The number of rotatable bonds is 4. The molecule has 1 aromatic carbocycles. The molecule has 7 heteroatoms. The smallest absolute Gasteiger partial charge is 0.237 e. The van der Waals surface area contributed by atoms with Crippen LogP contribution in [0.4, 0.5) is 0 Å². The second-order valence-electron chi connectivity index (χ2n) is 5.90. The molecule has 1 atom stereocenters. The van der Waals surface area contributed by atoms with Gasteiger partial charge in [-0.1, -0.05) is 21.1 Å². The minimum Gasteiger partial charge on any atom is -0.338 e. The zero-order valence-corrected chi connectivity index (χ0v) is 16.0. The molecule has 23 heavy (non-hydrogen) atoms.